The van der Waals surface area contributed by atoms with Gasteiger partial charge in [-0.1, -0.05) is 35.9 Å². The molecule has 0 spiro atoms. The summed E-state index contributed by atoms with van der Waals surface area (Å²) in [6.07, 6.45) is 1.60. The first-order chi connectivity index (χ1) is 13.5. The Bertz CT molecular complexity index is 1090. The lowest BCUT2D eigenvalue weighted by Crippen LogP contribution is -2.27. The van der Waals surface area contributed by atoms with Gasteiger partial charge in [0.05, 0.1) is 11.4 Å². The van der Waals surface area contributed by atoms with Crippen molar-refractivity contribution in [3.63, 3.8) is 0 Å². The number of hydrogen-bond donors (Lipinski definition) is 0. The van der Waals surface area contributed by atoms with Crippen molar-refractivity contribution in [2.75, 3.05) is 0 Å². The van der Waals surface area contributed by atoms with E-state index in [1.54, 1.807) is 24.3 Å². The van der Waals surface area contributed by atoms with Gasteiger partial charge in [-0.2, -0.15) is 0 Å². The highest BCUT2D eigenvalue weighted by Crippen LogP contribution is 2.34. The molecule has 2 amide bonds. The minimum atomic E-state index is -0.311. The molecule has 0 atom stereocenters. The molecule has 4 rings (SSSR count). The summed E-state index contributed by atoms with van der Waals surface area (Å²) in [5, 5.41) is 0.337. The Hall–Kier alpha value is -2.03. The first kappa shape index (κ1) is 19.3. The fourth-order valence-electron chi connectivity index (χ4n) is 2.77. The zero-order chi connectivity index (χ0) is 19.7. The lowest BCUT2D eigenvalue weighted by Gasteiger charge is -2.12. The smallest absolute Gasteiger partial charge is 0.293 e. The zero-order valence-electron chi connectivity index (χ0n) is 14.4. The lowest BCUT2D eigenvalue weighted by molar-refractivity contribution is -0.123. The van der Waals surface area contributed by atoms with Crippen LogP contribution in [0.3, 0.4) is 0 Å². The van der Waals surface area contributed by atoms with Crippen molar-refractivity contribution in [1.82, 2.24) is 4.90 Å². The molecule has 1 aliphatic rings. The number of halogens is 2. The van der Waals surface area contributed by atoms with Gasteiger partial charge in [0, 0.05) is 20.2 Å². The molecule has 1 saturated heterocycles. The van der Waals surface area contributed by atoms with E-state index in [9.17, 15) is 9.59 Å². The fourth-order valence-corrected chi connectivity index (χ4v) is 4.13. The van der Waals surface area contributed by atoms with Crippen LogP contribution in [-0.4, -0.2) is 16.0 Å². The molecule has 0 bridgehead atoms. The molecule has 3 aromatic rings. The van der Waals surface area contributed by atoms with Gasteiger partial charge in [-0.25, -0.2) is 0 Å². The summed E-state index contributed by atoms with van der Waals surface area (Å²) in [6.45, 7) is 0.255. The topological polar surface area (TPSA) is 50.5 Å². The van der Waals surface area contributed by atoms with Gasteiger partial charge in [0.1, 0.15) is 11.5 Å². The van der Waals surface area contributed by atoms with Crippen LogP contribution in [-0.2, 0) is 11.3 Å². The van der Waals surface area contributed by atoms with Crippen molar-refractivity contribution in [3.05, 3.63) is 85.5 Å². The van der Waals surface area contributed by atoms with E-state index in [0.717, 1.165) is 26.5 Å². The summed E-state index contributed by atoms with van der Waals surface area (Å²) in [5.41, 5.74) is 1.75. The van der Waals surface area contributed by atoms with Crippen LogP contribution in [0.5, 0.6) is 0 Å². The summed E-state index contributed by atoms with van der Waals surface area (Å²) >= 11 is 9.16. The van der Waals surface area contributed by atoms with Gasteiger partial charge in [0.25, 0.3) is 11.1 Å². The number of amides is 2. The largest absolute Gasteiger partial charge is 0.457 e. The number of imide groups is 1. The predicted molar refractivity (Wildman–Crippen MR) is 120 cm³/mol. The average Bonchev–Trinajstić information content (AvgIpc) is 3.24. The van der Waals surface area contributed by atoms with Crippen molar-refractivity contribution in [1.29, 1.82) is 0 Å². The summed E-state index contributed by atoms with van der Waals surface area (Å²) in [6, 6.07) is 18.6. The van der Waals surface area contributed by atoms with Gasteiger partial charge in [-0.05, 0) is 76.3 Å². The first-order valence-corrected chi connectivity index (χ1v) is 10.6. The number of rotatable bonds is 4. The minimum Gasteiger partial charge on any atom is -0.457 e. The highest BCUT2D eigenvalue weighted by Gasteiger charge is 2.35. The number of furan rings is 1. The summed E-state index contributed by atoms with van der Waals surface area (Å²) in [7, 11) is 0. The molecule has 0 saturated carbocycles. The Labute approximate surface area is 184 Å². The van der Waals surface area contributed by atoms with Crippen LogP contribution in [0.1, 0.15) is 11.3 Å². The number of carbonyl (C=O) groups excluding carboxylic acids is 2. The molecule has 0 unspecified atom stereocenters. The summed E-state index contributed by atoms with van der Waals surface area (Å²) in [5.74, 6) is 0.843. The molecule has 7 heteroatoms. The summed E-state index contributed by atoms with van der Waals surface area (Å²) in [4.78, 5) is 26.6. The highest BCUT2D eigenvalue weighted by atomic mass is 127. The molecule has 2 heterocycles. The second kappa shape index (κ2) is 8.14. The van der Waals surface area contributed by atoms with Gasteiger partial charge in [0.15, 0.2) is 0 Å². The minimum absolute atomic E-state index is 0.255. The molecular weight excluding hydrogens is 509 g/mol. The maximum absolute atomic E-state index is 12.7. The van der Waals surface area contributed by atoms with E-state index in [-0.39, 0.29) is 17.7 Å². The van der Waals surface area contributed by atoms with Gasteiger partial charge < -0.3 is 4.42 Å². The van der Waals surface area contributed by atoms with E-state index in [1.165, 1.54) is 4.90 Å². The Kier molecular flexibility index (Phi) is 5.61. The van der Waals surface area contributed by atoms with E-state index < -0.39 is 0 Å². The number of carbonyl (C=O) groups is 2. The van der Waals surface area contributed by atoms with Crippen LogP contribution in [0.15, 0.2) is 70.0 Å². The standard InChI is InChI=1S/C21H13ClINO3S/c22-15-3-1-2-14(10-15)18-9-8-17(27-18)11-19-20(25)24(21(26)28-19)12-13-4-6-16(23)7-5-13/h1-11H,12H2/b19-11-. The molecule has 28 heavy (non-hydrogen) atoms. The van der Waals surface area contributed by atoms with Crippen LogP contribution in [0.25, 0.3) is 17.4 Å². The normalized spacial score (nSPS) is 15.6. The van der Waals surface area contributed by atoms with Crippen molar-refractivity contribution in [2.24, 2.45) is 0 Å². The Balaban J connectivity index is 1.53. The summed E-state index contributed by atoms with van der Waals surface area (Å²) < 4.78 is 6.91. The van der Waals surface area contributed by atoms with Crippen LogP contribution >= 0.6 is 46.0 Å². The second-order valence-electron chi connectivity index (χ2n) is 6.11. The number of benzene rings is 2. The Morgan fingerprint density at radius 3 is 2.61 bits per heavy atom. The van der Waals surface area contributed by atoms with Crippen LogP contribution in [0.4, 0.5) is 4.79 Å². The monoisotopic (exact) mass is 521 g/mol. The van der Waals surface area contributed by atoms with Gasteiger partial charge in [0.2, 0.25) is 0 Å². The predicted octanol–water partition coefficient (Wildman–Crippen LogP) is 6.44. The van der Waals surface area contributed by atoms with Crippen LogP contribution in [0.2, 0.25) is 5.02 Å². The van der Waals surface area contributed by atoms with E-state index >= 15 is 0 Å². The molecule has 2 aromatic carbocycles. The third-order valence-electron chi connectivity index (χ3n) is 4.14. The van der Waals surface area contributed by atoms with Crippen molar-refractivity contribution >= 4 is 63.2 Å². The molecule has 1 fully saturated rings. The second-order valence-corrected chi connectivity index (χ2v) is 8.78. The first-order valence-electron chi connectivity index (χ1n) is 8.35. The van der Waals surface area contributed by atoms with Crippen LogP contribution in [0, 0.1) is 3.57 Å². The maximum Gasteiger partial charge on any atom is 0.293 e. The van der Waals surface area contributed by atoms with Crippen molar-refractivity contribution in [3.8, 4) is 11.3 Å². The number of thioether (sulfide) groups is 1. The van der Waals surface area contributed by atoms with Crippen molar-refractivity contribution < 1.29 is 14.0 Å². The van der Waals surface area contributed by atoms with Crippen LogP contribution < -0.4 is 0 Å². The molecule has 0 aliphatic carbocycles. The van der Waals surface area contributed by atoms with Gasteiger partial charge in [-0.3, -0.25) is 14.5 Å². The molecule has 0 radical (unpaired) electrons. The Morgan fingerprint density at radius 2 is 1.86 bits per heavy atom. The fraction of sp³-hybridized carbons (Fsp3) is 0.0476. The molecule has 1 aromatic heterocycles. The quantitative estimate of drug-likeness (QED) is 0.293. The number of nitrogens with zero attached hydrogens (tertiary/aromatic N) is 1. The van der Waals surface area contributed by atoms with E-state index in [1.807, 2.05) is 42.5 Å². The molecule has 140 valence electrons. The molecular formula is C21H13ClINO3S. The van der Waals surface area contributed by atoms with Crippen molar-refractivity contribution in [2.45, 2.75) is 6.54 Å². The molecule has 4 nitrogen and oxygen atoms in total. The highest BCUT2D eigenvalue weighted by molar-refractivity contribution is 14.1. The zero-order valence-corrected chi connectivity index (χ0v) is 18.1. The van der Waals surface area contributed by atoms with Gasteiger partial charge in [-0.15, -0.1) is 0 Å². The third-order valence-corrected chi connectivity index (χ3v) is 6.00. The molecule has 0 N–H and O–H groups in total. The third kappa shape index (κ3) is 4.19. The van der Waals surface area contributed by atoms with E-state index in [0.29, 0.717) is 21.4 Å². The van der Waals surface area contributed by atoms with E-state index in [2.05, 4.69) is 22.6 Å². The number of hydrogen-bond acceptors (Lipinski definition) is 4. The lowest BCUT2D eigenvalue weighted by atomic mass is 10.2. The van der Waals surface area contributed by atoms with Gasteiger partial charge >= 0.3 is 0 Å². The SMILES string of the molecule is O=C1S/C(=C\c2ccc(-c3cccc(Cl)c3)o2)C(=O)N1Cc1ccc(I)cc1. The Morgan fingerprint density at radius 1 is 1.07 bits per heavy atom. The van der Waals surface area contributed by atoms with E-state index in [4.69, 9.17) is 16.0 Å². The average molecular weight is 522 g/mol. The molecule has 1 aliphatic heterocycles. The maximum atomic E-state index is 12.7.